The highest BCUT2D eigenvalue weighted by molar-refractivity contribution is 7.10. The van der Waals surface area contributed by atoms with E-state index in [0.717, 1.165) is 10.7 Å². The number of ether oxygens (including phenoxy) is 1. The molecule has 1 amide bonds. The van der Waals surface area contributed by atoms with E-state index in [0.29, 0.717) is 17.2 Å². The van der Waals surface area contributed by atoms with Gasteiger partial charge in [0, 0.05) is 22.5 Å². The highest BCUT2D eigenvalue weighted by Crippen LogP contribution is 2.36. The molecular formula is C21H20N6O3S. The van der Waals surface area contributed by atoms with Crippen molar-refractivity contribution in [2.45, 2.75) is 32.1 Å². The normalized spacial score (nSPS) is 13.1. The second kappa shape index (κ2) is 9.49. The zero-order chi connectivity index (χ0) is 21.6. The largest absolute Gasteiger partial charge is 0.465 e. The molecule has 158 valence electrons. The van der Waals surface area contributed by atoms with Gasteiger partial charge >= 0.3 is 5.97 Å². The predicted octanol–water partition coefficient (Wildman–Crippen LogP) is 2.53. The maximum Gasteiger partial charge on any atom is 0.326 e. The van der Waals surface area contributed by atoms with Crippen LogP contribution in [-0.4, -0.2) is 50.6 Å². The first-order valence-corrected chi connectivity index (χ1v) is 10.8. The van der Waals surface area contributed by atoms with Crippen LogP contribution >= 0.6 is 11.3 Å². The van der Waals surface area contributed by atoms with E-state index in [2.05, 4.69) is 42.8 Å². The molecular weight excluding hydrogens is 416 g/mol. The fourth-order valence-electron chi connectivity index (χ4n) is 3.10. The van der Waals surface area contributed by atoms with Crippen molar-refractivity contribution in [1.29, 1.82) is 0 Å². The Balaban J connectivity index is 1.57. The van der Waals surface area contributed by atoms with Crippen LogP contribution < -0.4 is 4.90 Å². The lowest BCUT2D eigenvalue weighted by Crippen LogP contribution is -2.37. The number of aromatic amines is 1. The summed E-state index contributed by atoms with van der Waals surface area (Å²) in [5.41, 5.74) is 2.29. The van der Waals surface area contributed by atoms with Crippen molar-refractivity contribution in [3.05, 3.63) is 51.7 Å². The average molecular weight is 436 g/mol. The van der Waals surface area contributed by atoms with E-state index in [-0.39, 0.29) is 19.0 Å². The first-order valence-electron chi connectivity index (χ1n) is 9.92. The molecule has 3 aromatic rings. The molecule has 2 aromatic heterocycles. The summed E-state index contributed by atoms with van der Waals surface area (Å²) in [6.45, 7) is 1.63. The highest BCUT2D eigenvalue weighted by atomic mass is 32.1. The average Bonchev–Trinajstić information content (AvgIpc) is 3.42. The van der Waals surface area contributed by atoms with Crippen LogP contribution in [0.1, 0.15) is 59.0 Å². The Labute approximate surface area is 182 Å². The number of benzene rings is 1. The van der Waals surface area contributed by atoms with Gasteiger partial charge in [0.25, 0.3) is 11.7 Å². The van der Waals surface area contributed by atoms with Gasteiger partial charge in [-0.1, -0.05) is 18.4 Å². The molecule has 2 heterocycles. The van der Waals surface area contributed by atoms with Crippen LogP contribution in [-0.2, 0) is 9.53 Å². The highest BCUT2D eigenvalue weighted by Gasteiger charge is 2.25. The van der Waals surface area contributed by atoms with Crippen molar-refractivity contribution in [1.82, 2.24) is 25.6 Å². The van der Waals surface area contributed by atoms with Gasteiger partial charge in [-0.3, -0.25) is 14.5 Å². The molecule has 0 saturated heterocycles. The van der Waals surface area contributed by atoms with Crippen molar-refractivity contribution in [3.8, 4) is 11.8 Å². The topological polar surface area (TPSA) is 114 Å². The number of nitrogens with one attached hydrogen (secondary N) is 1. The molecule has 4 rings (SSSR count). The van der Waals surface area contributed by atoms with Gasteiger partial charge in [0.15, 0.2) is 5.01 Å². The van der Waals surface area contributed by atoms with Crippen LogP contribution in [0.3, 0.4) is 0 Å². The first-order chi connectivity index (χ1) is 15.1. The summed E-state index contributed by atoms with van der Waals surface area (Å²) in [5, 5.41) is 15.9. The molecule has 1 aromatic carbocycles. The van der Waals surface area contributed by atoms with Crippen LogP contribution in [0.4, 0.5) is 5.69 Å². The number of amides is 1. The molecule has 0 radical (unpaired) electrons. The minimum atomic E-state index is -0.572. The van der Waals surface area contributed by atoms with E-state index < -0.39 is 11.9 Å². The van der Waals surface area contributed by atoms with Crippen molar-refractivity contribution < 1.29 is 14.3 Å². The number of nitrogens with zero attached hydrogens (tertiary/aromatic N) is 5. The van der Waals surface area contributed by atoms with Crippen LogP contribution in [0.5, 0.6) is 0 Å². The number of anilines is 1. The molecule has 0 atom stereocenters. The van der Waals surface area contributed by atoms with Crippen LogP contribution in [0.2, 0.25) is 0 Å². The minimum absolute atomic E-state index is 0.146. The lowest BCUT2D eigenvalue weighted by molar-refractivity contribution is -0.141. The standard InChI is InChI=1S/C21H20N6O3S/c1-2-30-19(28)12-27(21(29)20-23-25-26-24-20)16-8-3-5-14(11-16)9-10-18-22-17(13-31-18)15-6-4-7-15/h3,5,8,11,13,15H,2,4,6-7,12H2,1H3,(H,23,24,25,26). The van der Waals surface area contributed by atoms with Gasteiger partial charge < -0.3 is 4.74 Å². The van der Waals surface area contributed by atoms with E-state index in [1.807, 2.05) is 6.07 Å². The van der Waals surface area contributed by atoms with Gasteiger partial charge in [-0.15, -0.1) is 21.5 Å². The summed E-state index contributed by atoms with van der Waals surface area (Å²) in [6.07, 6.45) is 3.66. The summed E-state index contributed by atoms with van der Waals surface area (Å²) >= 11 is 1.54. The molecule has 0 aliphatic heterocycles. The monoisotopic (exact) mass is 436 g/mol. The van der Waals surface area contributed by atoms with E-state index in [1.54, 1.807) is 25.1 Å². The number of carbonyl (C=O) groups excluding carboxylic acids is 2. The van der Waals surface area contributed by atoms with E-state index in [4.69, 9.17) is 4.74 Å². The van der Waals surface area contributed by atoms with Gasteiger partial charge in [-0.05, 0) is 49.1 Å². The third-order valence-corrected chi connectivity index (χ3v) is 5.67. The number of rotatable bonds is 6. The second-order valence-electron chi connectivity index (χ2n) is 6.94. The SMILES string of the molecule is CCOC(=O)CN(C(=O)c1nn[nH]n1)c1cccc(C#Cc2nc(C3CCC3)cs2)c1. The molecule has 10 heteroatoms. The number of esters is 1. The fourth-order valence-corrected chi connectivity index (χ4v) is 3.85. The molecule has 31 heavy (non-hydrogen) atoms. The van der Waals surface area contributed by atoms with Crippen LogP contribution in [0.15, 0.2) is 29.6 Å². The molecule has 1 N–H and O–H groups in total. The molecule has 0 spiro atoms. The Morgan fingerprint density at radius 1 is 1.32 bits per heavy atom. The number of hydrogen-bond donors (Lipinski definition) is 1. The van der Waals surface area contributed by atoms with E-state index in [1.165, 1.54) is 35.5 Å². The number of aromatic nitrogens is 5. The third kappa shape index (κ3) is 4.95. The summed E-state index contributed by atoms with van der Waals surface area (Å²) in [7, 11) is 0. The van der Waals surface area contributed by atoms with Crippen molar-refractivity contribution in [2.75, 3.05) is 18.1 Å². The quantitative estimate of drug-likeness (QED) is 0.466. The van der Waals surface area contributed by atoms with Crippen molar-refractivity contribution >= 4 is 28.9 Å². The minimum Gasteiger partial charge on any atom is -0.465 e. The Hall–Kier alpha value is -3.58. The maximum absolute atomic E-state index is 12.8. The predicted molar refractivity (Wildman–Crippen MR) is 114 cm³/mol. The van der Waals surface area contributed by atoms with Crippen molar-refractivity contribution in [2.24, 2.45) is 0 Å². The first kappa shape index (κ1) is 20.7. The van der Waals surface area contributed by atoms with Crippen LogP contribution in [0.25, 0.3) is 0 Å². The maximum atomic E-state index is 12.8. The van der Waals surface area contributed by atoms with Gasteiger partial charge in [-0.2, -0.15) is 5.21 Å². The zero-order valence-corrected chi connectivity index (χ0v) is 17.7. The molecule has 1 fully saturated rings. The van der Waals surface area contributed by atoms with Gasteiger partial charge in [0.2, 0.25) is 0 Å². The summed E-state index contributed by atoms with van der Waals surface area (Å²) in [6, 6.07) is 7.03. The second-order valence-corrected chi connectivity index (χ2v) is 7.80. The lowest BCUT2D eigenvalue weighted by atomic mass is 9.83. The number of tetrazole rings is 1. The van der Waals surface area contributed by atoms with Gasteiger partial charge in [-0.25, -0.2) is 4.98 Å². The van der Waals surface area contributed by atoms with Gasteiger partial charge in [0.05, 0.1) is 12.3 Å². The van der Waals surface area contributed by atoms with Gasteiger partial charge in [0.1, 0.15) is 6.54 Å². The Morgan fingerprint density at radius 2 is 2.19 bits per heavy atom. The molecule has 0 unspecified atom stereocenters. The molecule has 1 aliphatic carbocycles. The summed E-state index contributed by atoms with van der Waals surface area (Å²) in [4.78, 5) is 30.8. The molecule has 0 bridgehead atoms. The third-order valence-electron chi connectivity index (χ3n) is 4.89. The van der Waals surface area contributed by atoms with E-state index >= 15 is 0 Å². The number of hydrogen-bond acceptors (Lipinski definition) is 8. The summed E-state index contributed by atoms with van der Waals surface area (Å²) < 4.78 is 5.00. The number of carbonyl (C=O) groups is 2. The zero-order valence-electron chi connectivity index (χ0n) is 16.9. The van der Waals surface area contributed by atoms with Crippen LogP contribution in [0, 0.1) is 11.8 Å². The Bertz CT molecular complexity index is 1130. The Kier molecular flexibility index (Phi) is 6.33. The number of thiazole rings is 1. The number of H-pyrrole nitrogens is 1. The lowest BCUT2D eigenvalue weighted by Gasteiger charge is -2.22. The molecule has 1 aliphatic rings. The summed E-state index contributed by atoms with van der Waals surface area (Å²) in [5.74, 6) is 5.50. The van der Waals surface area contributed by atoms with E-state index in [9.17, 15) is 9.59 Å². The smallest absolute Gasteiger partial charge is 0.326 e. The fraction of sp³-hybridized carbons (Fsp3) is 0.333. The van der Waals surface area contributed by atoms with Crippen molar-refractivity contribution in [3.63, 3.8) is 0 Å². The molecule has 1 saturated carbocycles. The Morgan fingerprint density at radius 3 is 2.90 bits per heavy atom. The molecule has 9 nitrogen and oxygen atoms in total.